The van der Waals surface area contributed by atoms with Gasteiger partial charge in [-0.2, -0.15) is 0 Å². The molecular formula is C17H18BrN. The number of H-pyrrole nitrogens is 1. The van der Waals surface area contributed by atoms with E-state index in [0.717, 1.165) is 4.47 Å². The van der Waals surface area contributed by atoms with Gasteiger partial charge in [0.25, 0.3) is 0 Å². The van der Waals surface area contributed by atoms with Crippen molar-refractivity contribution in [3.63, 3.8) is 0 Å². The maximum Gasteiger partial charge on any atom is 0.0476 e. The third-order valence-electron chi connectivity index (χ3n) is 3.69. The molecule has 0 aliphatic carbocycles. The van der Waals surface area contributed by atoms with Crippen molar-refractivity contribution >= 4 is 37.7 Å². The molecule has 1 aromatic heterocycles. The largest absolute Gasteiger partial charge is 0.354 e. The van der Waals surface area contributed by atoms with E-state index in [1.807, 2.05) is 0 Å². The fourth-order valence-corrected chi connectivity index (χ4v) is 3.02. The van der Waals surface area contributed by atoms with E-state index >= 15 is 0 Å². The summed E-state index contributed by atoms with van der Waals surface area (Å²) in [6.45, 7) is 2.25. The van der Waals surface area contributed by atoms with Crippen molar-refractivity contribution in [1.82, 2.24) is 4.98 Å². The molecule has 3 rings (SSSR count). The van der Waals surface area contributed by atoms with Crippen LogP contribution in [0, 0.1) is 0 Å². The quantitative estimate of drug-likeness (QED) is 0.584. The van der Waals surface area contributed by atoms with E-state index in [1.54, 1.807) is 0 Å². The number of fused-ring (bicyclic) bond motifs is 3. The van der Waals surface area contributed by atoms with Crippen LogP contribution in [0.5, 0.6) is 0 Å². The molecule has 0 bridgehead atoms. The molecule has 0 saturated carbocycles. The van der Waals surface area contributed by atoms with Crippen LogP contribution in [0.4, 0.5) is 0 Å². The molecule has 1 nitrogen and oxygen atoms in total. The molecule has 0 aliphatic rings. The summed E-state index contributed by atoms with van der Waals surface area (Å²) in [5.74, 6) is 0. The Morgan fingerprint density at radius 2 is 1.84 bits per heavy atom. The third kappa shape index (κ3) is 2.55. The zero-order valence-corrected chi connectivity index (χ0v) is 12.8. The number of unbranched alkanes of at least 4 members (excludes halogenated alkanes) is 2. The van der Waals surface area contributed by atoms with Crippen LogP contribution in [0.3, 0.4) is 0 Å². The minimum Gasteiger partial charge on any atom is -0.354 e. The minimum atomic E-state index is 1.12. The van der Waals surface area contributed by atoms with Crippen LogP contribution >= 0.6 is 15.9 Å². The predicted molar refractivity (Wildman–Crippen MR) is 86.7 cm³/mol. The Hall–Kier alpha value is -1.28. The van der Waals surface area contributed by atoms with Crippen molar-refractivity contribution in [1.29, 1.82) is 0 Å². The van der Waals surface area contributed by atoms with Crippen molar-refractivity contribution in [2.24, 2.45) is 0 Å². The lowest BCUT2D eigenvalue weighted by Crippen LogP contribution is -1.84. The van der Waals surface area contributed by atoms with Crippen LogP contribution in [0.25, 0.3) is 21.8 Å². The van der Waals surface area contributed by atoms with E-state index in [4.69, 9.17) is 0 Å². The third-order valence-corrected chi connectivity index (χ3v) is 4.19. The highest BCUT2D eigenvalue weighted by atomic mass is 79.9. The van der Waals surface area contributed by atoms with Gasteiger partial charge in [0.2, 0.25) is 0 Å². The maximum atomic E-state index is 3.53. The van der Waals surface area contributed by atoms with E-state index in [2.05, 4.69) is 64.2 Å². The SMILES string of the molecule is CCCCCc1ccc2[nH]c3cc(Br)ccc3c2c1. The number of hydrogen-bond donors (Lipinski definition) is 1. The molecule has 0 aliphatic heterocycles. The molecule has 19 heavy (non-hydrogen) atoms. The van der Waals surface area contributed by atoms with Crippen molar-refractivity contribution in [3.05, 3.63) is 46.4 Å². The summed E-state index contributed by atoms with van der Waals surface area (Å²) in [6.07, 6.45) is 5.07. The van der Waals surface area contributed by atoms with Gasteiger partial charge in [0, 0.05) is 26.3 Å². The second-order valence-electron chi connectivity index (χ2n) is 5.15. The van der Waals surface area contributed by atoms with Gasteiger partial charge in [0.1, 0.15) is 0 Å². The van der Waals surface area contributed by atoms with Crippen LogP contribution in [0.1, 0.15) is 31.7 Å². The summed E-state index contributed by atoms with van der Waals surface area (Å²) in [5.41, 5.74) is 3.88. The van der Waals surface area contributed by atoms with E-state index in [0.29, 0.717) is 0 Å². The molecule has 3 aromatic rings. The highest BCUT2D eigenvalue weighted by Crippen LogP contribution is 2.28. The van der Waals surface area contributed by atoms with Gasteiger partial charge in [-0.1, -0.05) is 47.8 Å². The number of nitrogens with one attached hydrogen (secondary N) is 1. The molecule has 1 N–H and O–H groups in total. The standard InChI is InChI=1S/C17H18BrN/c1-2-3-4-5-12-6-9-16-15(10-12)14-8-7-13(18)11-17(14)19-16/h6-11,19H,2-5H2,1H3. The van der Waals surface area contributed by atoms with Gasteiger partial charge in [0.15, 0.2) is 0 Å². The number of aryl methyl sites for hydroxylation is 1. The van der Waals surface area contributed by atoms with E-state index in [9.17, 15) is 0 Å². The maximum absolute atomic E-state index is 3.53. The molecule has 0 saturated heterocycles. The number of aromatic amines is 1. The average molecular weight is 316 g/mol. The van der Waals surface area contributed by atoms with Crippen molar-refractivity contribution < 1.29 is 0 Å². The normalized spacial score (nSPS) is 11.5. The molecule has 98 valence electrons. The zero-order valence-electron chi connectivity index (χ0n) is 11.2. The number of aromatic nitrogens is 1. The van der Waals surface area contributed by atoms with Gasteiger partial charge in [-0.05, 0) is 42.7 Å². The Kier molecular flexibility index (Phi) is 3.61. The first kappa shape index (κ1) is 12.7. The van der Waals surface area contributed by atoms with Gasteiger partial charge >= 0.3 is 0 Å². The summed E-state index contributed by atoms with van der Waals surface area (Å²) in [5, 5.41) is 2.66. The fourth-order valence-electron chi connectivity index (χ4n) is 2.66. The number of rotatable bonds is 4. The average Bonchev–Trinajstić information content (AvgIpc) is 2.76. The molecule has 0 atom stereocenters. The zero-order chi connectivity index (χ0) is 13.2. The van der Waals surface area contributed by atoms with Gasteiger partial charge in [-0.25, -0.2) is 0 Å². The first-order chi connectivity index (χ1) is 9.28. The molecule has 2 aromatic carbocycles. The number of benzene rings is 2. The van der Waals surface area contributed by atoms with Gasteiger partial charge in [-0.3, -0.25) is 0 Å². The Balaban J connectivity index is 2.03. The lowest BCUT2D eigenvalue weighted by molar-refractivity contribution is 0.718. The topological polar surface area (TPSA) is 15.8 Å². The highest BCUT2D eigenvalue weighted by molar-refractivity contribution is 9.10. The summed E-state index contributed by atoms with van der Waals surface area (Å²) in [6, 6.07) is 13.3. The van der Waals surface area contributed by atoms with Crippen molar-refractivity contribution in [3.8, 4) is 0 Å². The van der Waals surface area contributed by atoms with Gasteiger partial charge in [0.05, 0.1) is 0 Å². The van der Waals surface area contributed by atoms with Gasteiger partial charge in [-0.15, -0.1) is 0 Å². The fraction of sp³-hybridized carbons (Fsp3) is 0.294. The summed E-state index contributed by atoms with van der Waals surface area (Å²) < 4.78 is 1.12. The minimum absolute atomic E-state index is 1.12. The van der Waals surface area contributed by atoms with Crippen LogP contribution in [-0.2, 0) is 6.42 Å². The van der Waals surface area contributed by atoms with Crippen molar-refractivity contribution in [2.75, 3.05) is 0 Å². The lowest BCUT2D eigenvalue weighted by Gasteiger charge is -2.01. The molecular weight excluding hydrogens is 298 g/mol. The van der Waals surface area contributed by atoms with E-state index < -0.39 is 0 Å². The van der Waals surface area contributed by atoms with Crippen LogP contribution in [0.2, 0.25) is 0 Å². The lowest BCUT2D eigenvalue weighted by atomic mass is 10.0. The molecule has 1 heterocycles. The molecule has 0 unspecified atom stereocenters. The second kappa shape index (κ2) is 5.38. The second-order valence-corrected chi connectivity index (χ2v) is 6.07. The Morgan fingerprint density at radius 3 is 2.68 bits per heavy atom. The van der Waals surface area contributed by atoms with Crippen LogP contribution in [0.15, 0.2) is 40.9 Å². The molecule has 0 spiro atoms. The first-order valence-electron chi connectivity index (χ1n) is 6.98. The predicted octanol–water partition coefficient (Wildman–Crippen LogP) is 5.82. The smallest absolute Gasteiger partial charge is 0.0476 e. The Bertz CT molecular complexity index is 712. The van der Waals surface area contributed by atoms with Gasteiger partial charge < -0.3 is 4.98 Å². The van der Waals surface area contributed by atoms with Crippen LogP contribution < -0.4 is 0 Å². The highest BCUT2D eigenvalue weighted by Gasteiger charge is 2.05. The first-order valence-corrected chi connectivity index (χ1v) is 7.77. The Labute approximate surface area is 122 Å². The molecule has 0 fully saturated rings. The summed E-state index contributed by atoms with van der Waals surface area (Å²) in [4.78, 5) is 3.48. The van der Waals surface area contributed by atoms with Crippen LogP contribution in [-0.4, -0.2) is 4.98 Å². The molecule has 0 amide bonds. The number of halogens is 1. The molecule has 2 heteroatoms. The van der Waals surface area contributed by atoms with Crippen molar-refractivity contribution in [2.45, 2.75) is 32.6 Å². The number of hydrogen-bond acceptors (Lipinski definition) is 0. The van der Waals surface area contributed by atoms with E-state index in [1.165, 1.54) is 53.1 Å². The monoisotopic (exact) mass is 315 g/mol. The molecule has 0 radical (unpaired) electrons. The Morgan fingerprint density at radius 1 is 0.947 bits per heavy atom. The summed E-state index contributed by atoms with van der Waals surface area (Å²) >= 11 is 3.53. The summed E-state index contributed by atoms with van der Waals surface area (Å²) in [7, 11) is 0. The van der Waals surface area contributed by atoms with E-state index in [-0.39, 0.29) is 0 Å².